The standard InChI is InChI=1S/C19H26N4OS2/c1-12-6-4-7-13(2)22(12)18(24)14(3)26-19-21-20-17(16-8-5-11-25-16)23(19)15-9-10-15/h5,8,11-15H,4,6-7,9-10H2,1-3H3/t12-,13-,14-/m0/s1. The molecule has 2 aromatic heterocycles. The lowest BCUT2D eigenvalue weighted by atomic mass is 9.97. The number of hydrogen-bond acceptors (Lipinski definition) is 5. The van der Waals surface area contributed by atoms with Crippen molar-refractivity contribution in [2.75, 3.05) is 0 Å². The van der Waals surface area contributed by atoms with E-state index in [1.54, 1.807) is 23.1 Å². The molecular weight excluding hydrogens is 364 g/mol. The number of rotatable bonds is 5. The molecule has 0 aromatic carbocycles. The lowest BCUT2D eigenvalue weighted by Crippen LogP contribution is -2.50. The number of piperidine rings is 1. The molecule has 140 valence electrons. The number of aromatic nitrogens is 3. The van der Waals surface area contributed by atoms with E-state index < -0.39 is 0 Å². The largest absolute Gasteiger partial charge is 0.336 e. The van der Waals surface area contributed by atoms with Crippen LogP contribution in [-0.4, -0.2) is 42.9 Å². The number of amides is 1. The minimum atomic E-state index is -0.143. The third-order valence-corrected chi connectivity index (χ3v) is 7.31. The van der Waals surface area contributed by atoms with Crippen molar-refractivity contribution < 1.29 is 4.79 Å². The first-order chi connectivity index (χ1) is 12.6. The summed E-state index contributed by atoms with van der Waals surface area (Å²) in [7, 11) is 0. The van der Waals surface area contributed by atoms with Crippen LogP contribution in [0.1, 0.15) is 58.9 Å². The molecular formula is C19H26N4OS2. The number of likely N-dealkylation sites (tertiary alicyclic amines) is 1. The lowest BCUT2D eigenvalue weighted by Gasteiger charge is -2.40. The SMILES string of the molecule is C[C@H](Sc1nnc(-c2cccs2)n1C1CC1)C(=O)N1[C@@H](C)CCC[C@@H]1C. The Labute approximate surface area is 163 Å². The van der Waals surface area contributed by atoms with Gasteiger partial charge >= 0.3 is 0 Å². The maximum atomic E-state index is 13.1. The maximum Gasteiger partial charge on any atom is 0.236 e. The number of thiophene rings is 1. The van der Waals surface area contributed by atoms with Gasteiger partial charge in [0.1, 0.15) is 0 Å². The first kappa shape index (κ1) is 18.0. The van der Waals surface area contributed by atoms with Crippen molar-refractivity contribution in [2.45, 2.75) is 81.4 Å². The number of hydrogen-bond donors (Lipinski definition) is 0. The highest BCUT2D eigenvalue weighted by Gasteiger charge is 2.35. The van der Waals surface area contributed by atoms with Crippen LogP contribution in [0.25, 0.3) is 10.7 Å². The molecule has 1 saturated heterocycles. The fraction of sp³-hybridized carbons (Fsp3) is 0.632. The Morgan fingerprint density at radius 2 is 1.96 bits per heavy atom. The number of nitrogens with zero attached hydrogens (tertiary/aromatic N) is 4. The van der Waals surface area contributed by atoms with E-state index in [1.165, 1.54) is 19.3 Å². The van der Waals surface area contributed by atoms with Gasteiger partial charge in [0.15, 0.2) is 11.0 Å². The monoisotopic (exact) mass is 390 g/mol. The van der Waals surface area contributed by atoms with Crippen molar-refractivity contribution >= 4 is 29.0 Å². The topological polar surface area (TPSA) is 51.0 Å². The normalized spacial score (nSPS) is 24.7. The van der Waals surface area contributed by atoms with E-state index in [1.807, 2.05) is 13.0 Å². The van der Waals surface area contributed by atoms with Crippen molar-refractivity contribution in [1.29, 1.82) is 0 Å². The zero-order valence-corrected chi connectivity index (χ0v) is 17.2. The second-order valence-corrected chi connectivity index (χ2v) is 9.77. The average Bonchev–Trinajstić information content (AvgIpc) is 3.14. The van der Waals surface area contributed by atoms with E-state index in [0.717, 1.165) is 28.7 Å². The summed E-state index contributed by atoms with van der Waals surface area (Å²) in [6, 6.07) is 5.28. The van der Waals surface area contributed by atoms with Crippen molar-refractivity contribution in [1.82, 2.24) is 19.7 Å². The van der Waals surface area contributed by atoms with Gasteiger partial charge in [0.05, 0.1) is 10.1 Å². The average molecular weight is 391 g/mol. The summed E-state index contributed by atoms with van der Waals surface area (Å²) in [4.78, 5) is 16.3. The molecule has 2 aliphatic rings. The molecule has 0 unspecified atom stereocenters. The van der Waals surface area contributed by atoms with Gasteiger partial charge in [0.2, 0.25) is 5.91 Å². The molecule has 2 aromatic rings. The van der Waals surface area contributed by atoms with Crippen LogP contribution >= 0.6 is 23.1 Å². The molecule has 0 bridgehead atoms. The summed E-state index contributed by atoms with van der Waals surface area (Å²) in [6.45, 7) is 6.36. The second-order valence-electron chi connectivity index (χ2n) is 7.52. The predicted molar refractivity (Wildman–Crippen MR) is 107 cm³/mol. The van der Waals surface area contributed by atoms with E-state index in [2.05, 4.69) is 45.0 Å². The van der Waals surface area contributed by atoms with Gasteiger partial charge < -0.3 is 4.90 Å². The van der Waals surface area contributed by atoms with Gasteiger partial charge in [0.25, 0.3) is 0 Å². The van der Waals surface area contributed by atoms with Crippen molar-refractivity contribution in [3.63, 3.8) is 0 Å². The summed E-state index contributed by atoms with van der Waals surface area (Å²) in [5.41, 5.74) is 0. The van der Waals surface area contributed by atoms with Crippen molar-refractivity contribution in [3.8, 4) is 10.7 Å². The molecule has 0 N–H and O–H groups in total. The van der Waals surface area contributed by atoms with Crippen molar-refractivity contribution in [2.24, 2.45) is 0 Å². The van der Waals surface area contributed by atoms with Crippen LogP contribution in [0.5, 0.6) is 0 Å². The molecule has 1 aliphatic carbocycles. The molecule has 3 atom stereocenters. The Kier molecular flexibility index (Phi) is 5.10. The Morgan fingerprint density at radius 3 is 2.58 bits per heavy atom. The molecule has 26 heavy (non-hydrogen) atoms. The highest BCUT2D eigenvalue weighted by atomic mass is 32.2. The number of carbonyl (C=O) groups excluding carboxylic acids is 1. The van der Waals surface area contributed by atoms with Crippen LogP contribution in [0.15, 0.2) is 22.7 Å². The Bertz CT molecular complexity index is 759. The van der Waals surface area contributed by atoms with Gasteiger partial charge in [-0.15, -0.1) is 21.5 Å². The first-order valence-corrected chi connectivity index (χ1v) is 11.3. The van der Waals surface area contributed by atoms with Gasteiger partial charge in [-0.25, -0.2) is 0 Å². The van der Waals surface area contributed by atoms with Gasteiger partial charge in [-0.05, 0) is 64.3 Å². The predicted octanol–water partition coefficient (Wildman–Crippen LogP) is 4.61. The minimum Gasteiger partial charge on any atom is -0.336 e. The van der Waals surface area contributed by atoms with Crippen LogP contribution in [-0.2, 0) is 4.79 Å². The molecule has 5 nitrogen and oxygen atoms in total. The molecule has 1 amide bonds. The van der Waals surface area contributed by atoms with E-state index in [0.29, 0.717) is 18.1 Å². The zero-order valence-electron chi connectivity index (χ0n) is 15.6. The summed E-state index contributed by atoms with van der Waals surface area (Å²) in [5.74, 6) is 1.18. The van der Waals surface area contributed by atoms with E-state index in [-0.39, 0.29) is 11.2 Å². The van der Waals surface area contributed by atoms with Crippen molar-refractivity contribution in [3.05, 3.63) is 17.5 Å². The third kappa shape index (κ3) is 3.43. The third-order valence-electron chi connectivity index (χ3n) is 5.40. The Hall–Kier alpha value is -1.34. The summed E-state index contributed by atoms with van der Waals surface area (Å²) in [5, 5.41) is 11.7. The number of carbonyl (C=O) groups is 1. The summed E-state index contributed by atoms with van der Waals surface area (Å²) in [6.07, 6.45) is 5.77. The molecule has 1 aliphatic heterocycles. The van der Waals surface area contributed by atoms with Crippen LogP contribution < -0.4 is 0 Å². The highest BCUT2D eigenvalue weighted by molar-refractivity contribution is 8.00. The van der Waals surface area contributed by atoms with E-state index >= 15 is 0 Å². The summed E-state index contributed by atoms with van der Waals surface area (Å²) >= 11 is 3.25. The van der Waals surface area contributed by atoms with Gasteiger partial charge in [-0.2, -0.15) is 0 Å². The Balaban J connectivity index is 1.54. The van der Waals surface area contributed by atoms with E-state index in [4.69, 9.17) is 0 Å². The zero-order chi connectivity index (χ0) is 18.3. The fourth-order valence-corrected chi connectivity index (χ4v) is 5.55. The molecule has 2 fully saturated rings. The van der Waals surface area contributed by atoms with Gasteiger partial charge in [0, 0.05) is 18.1 Å². The highest BCUT2D eigenvalue weighted by Crippen LogP contribution is 2.42. The molecule has 7 heteroatoms. The van der Waals surface area contributed by atoms with Crippen LogP contribution in [0, 0.1) is 0 Å². The summed E-state index contributed by atoms with van der Waals surface area (Å²) < 4.78 is 2.25. The van der Waals surface area contributed by atoms with Crippen LogP contribution in [0.4, 0.5) is 0 Å². The van der Waals surface area contributed by atoms with Gasteiger partial charge in [-0.3, -0.25) is 9.36 Å². The lowest BCUT2D eigenvalue weighted by molar-refractivity contribution is -0.136. The van der Waals surface area contributed by atoms with Crippen LogP contribution in [0.2, 0.25) is 0 Å². The number of thioether (sulfide) groups is 1. The quantitative estimate of drug-likeness (QED) is 0.700. The molecule has 0 radical (unpaired) electrons. The smallest absolute Gasteiger partial charge is 0.236 e. The minimum absolute atomic E-state index is 0.143. The first-order valence-electron chi connectivity index (χ1n) is 9.54. The van der Waals surface area contributed by atoms with E-state index in [9.17, 15) is 4.79 Å². The molecule has 1 saturated carbocycles. The van der Waals surface area contributed by atoms with Gasteiger partial charge in [-0.1, -0.05) is 17.8 Å². The second kappa shape index (κ2) is 7.35. The Morgan fingerprint density at radius 1 is 1.23 bits per heavy atom. The van der Waals surface area contributed by atoms with Crippen LogP contribution in [0.3, 0.4) is 0 Å². The molecule has 3 heterocycles. The fourth-order valence-electron chi connectivity index (χ4n) is 3.87. The maximum absolute atomic E-state index is 13.1. The molecule has 4 rings (SSSR count). The molecule has 0 spiro atoms.